The van der Waals surface area contributed by atoms with Gasteiger partial charge in [-0.05, 0) is 19.3 Å². The van der Waals surface area contributed by atoms with E-state index in [1.54, 1.807) is 19.0 Å². The number of halogens is 1. The van der Waals surface area contributed by atoms with Gasteiger partial charge in [0.25, 0.3) is 0 Å². The number of likely N-dealkylation sites (N-methyl/N-ethyl adjacent to an activating group) is 1. The van der Waals surface area contributed by atoms with E-state index in [4.69, 9.17) is 0 Å². The van der Waals surface area contributed by atoms with Crippen molar-refractivity contribution in [1.29, 1.82) is 0 Å². The topological polar surface area (TPSA) is 77.0 Å². The summed E-state index contributed by atoms with van der Waals surface area (Å²) in [5, 5.41) is 6.88. The number of amides is 2. The highest BCUT2D eigenvalue weighted by molar-refractivity contribution is 14.0. The standard InChI is InChI=1S/C17H31N5O2.HI/c1-4-15(23)22-10-9-14(12-22)20-17(18-11-16(24)21(2)3)19-13-7-5-6-8-13;/h13-14H,4-12H2,1-3H3,(H2,18,19,20);1H. The molecule has 1 atom stereocenters. The molecule has 144 valence electrons. The average molecular weight is 465 g/mol. The highest BCUT2D eigenvalue weighted by Crippen LogP contribution is 2.17. The molecule has 1 saturated carbocycles. The van der Waals surface area contributed by atoms with Crippen molar-refractivity contribution in [3.63, 3.8) is 0 Å². The molecule has 0 radical (unpaired) electrons. The highest BCUT2D eigenvalue weighted by Gasteiger charge is 2.26. The molecular formula is C17H32IN5O2. The molecule has 8 heteroatoms. The second-order valence-electron chi connectivity index (χ2n) is 6.90. The summed E-state index contributed by atoms with van der Waals surface area (Å²) in [6, 6.07) is 0.628. The van der Waals surface area contributed by atoms with E-state index in [9.17, 15) is 9.59 Å². The molecule has 2 amide bonds. The fraction of sp³-hybridized carbons (Fsp3) is 0.824. The Morgan fingerprint density at radius 3 is 2.36 bits per heavy atom. The van der Waals surface area contributed by atoms with Gasteiger partial charge in [0.2, 0.25) is 11.8 Å². The number of carbonyl (C=O) groups is 2. The third-order valence-electron chi connectivity index (χ3n) is 4.75. The van der Waals surface area contributed by atoms with Crippen molar-refractivity contribution < 1.29 is 9.59 Å². The van der Waals surface area contributed by atoms with E-state index in [0.29, 0.717) is 25.0 Å². The van der Waals surface area contributed by atoms with Crippen LogP contribution < -0.4 is 10.6 Å². The van der Waals surface area contributed by atoms with Crippen LogP contribution in [0, 0.1) is 0 Å². The van der Waals surface area contributed by atoms with Gasteiger partial charge < -0.3 is 20.4 Å². The summed E-state index contributed by atoms with van der Waals surface area (Å²) in [7, 11) is 3.47. The number of aliphatic imine (C=N–C) groups is 1. The van der Waals surface area contributed by atoms with Crippen molar-refractivity contribution in [2.24, 2.45) is 4.99 Å². The molecule has 0 bridgehead atoms. The van der Waals surface area contributed by atoms with Crippen LogP contribution in [-0.2, 0) is 9.59 Å². The van der Waals surface area contributed by atoms with Crippen molar-refractivity contribution in [2.45, 2.75) is 57.5 Å². The van der Waals surface area contributed by atoms with Gasteiger partial charge in [0.05, 0.1) is 0 Å². The van der Waals surface area contributed by atoms with Crippen molar-refractivity contribution in [3.05, 3.63) is 0 Å². The van der Waals surface area contributed by atoms with E-state index in [1.807, 2.05) is 11.8 Å². The van der Waals surface area contributed by atoms with Crippen LogP contribution in [0.25, 0.3) is 0 Å². The number of carbonyl (C=O) groups excluding carboxylic acids is 2. The van der Waals surface area contributed by atoms with Crippen LogP contribution in [-0.4, -0.2) is 73.4 Å². The van der Waals surface area contributed by atoms with E-state index in [2.05, 4.69) is 15.6 Å². The maximum atomic E-state index is 11.8. The molecule has 2 rings (SSSR count). The van der Waals surface area contributed by atoms with Gasteiger partial charge in [-0.2, -0.15) is 0 Å². The monoisotopic (exact) mass is 465 g/mol. The Balaban J connectivity index is 0.00000312. The van der Waals surface area contributed by atoms with Crippen molar-refractivity contribution in [2.75, 3.05) is 33.7 Å². The predicted molar refractivity (Wildman–Crippen MR) is 110 cm³/mol. The number of nitrogens with one attached hydrogen (secondary N) is 2. The molecule has 1 aliphatic heterocycles. The third-order valence-corrected chi connectivity index (χ3v) is 4.75. The van der Waals surface area contributed by atoms with Crippen LogP contribution in [0.5, 0.6) is 0 Å². The molecule has 1 heterocycles. The SMILES string of the molecule is CCC(=O)N1CCC(NC(=NCC(=O)N(C)C)NC2CCCC2)C1.I. The zero-order chi connectivity index (χ0) is 17.5. The number of rotatable bonds is 5. The summed E-state index contributed by atoms with van der Waals surface area (Å²) in [6.45, 7) is 3.53. The Morgan fingerprint density at radius 1 is 1.12 bits per heavy atom. The Kier molecular flexibility index (Phi) is 9.52. The van der Waals surface area contributed by atoms with Crippen LogP contribution in [0.4, 0.5) is 0 Å². The molecule has 2 aliphatic rings. The quantitative estimate of drug-likeness (QED) is 0.363. The van der Waals surface area contributed by atoms with Gasteiger partial charge in [-0.25, -0.2) is 4.99 Å². The zero-order valence-electron chi connectivity index (χ0n) is 15.6. The number of hydrogen-bond acceptors (Lipinski definition) is 3. The summed E-state index contributed by atoms with van der Waals surface area (Å²) >= 11 is 0. The lowest BCUT2D eigenvalue weighted by molar-refractivity contribution is -0.130. The highest BCUT2D eigenvalue weighted by atomic mass is 127. The first-order valence-corrected chi connectivity index (χ1v) is 9.05. The normalized spacial score (nSPS) is 21.0. The van der Waals surface area contributed by atoms with Crippen molar-refractivity contribution >= 4 is 41.8 Å². The van der Waals surface area contributed by atoms with Crippen LogP contribution in [0.2, 0.25) is 0 Å². The number of hydrogen-bond donors (Lipinski definition) is 2. The van der Waals surface area contributed by atoms with Gasteiger partial charge in [-0.3, -0.25) is 9.59 Å². The molecule has 0 aromatic rings. The van der Waals surface area contributed by atoms with Crippen LogP contribution >= 0.6 is 24.0 Å². The molecule has 1 saturated heterocycles. The van der Waals surface area contributed by atoms with E-state index < -0.39 is 0 Å². The summed E-state index contributed by atoms with van der Waals surface area (Å²) in [4.78, 5) is 31.5. The lowest BCUT2D eigenvalue weighted by Crippen LogP contribution is -2.48. The zero-order valence-corrected chi connectivity index (χ0v) is 17.9. The molecule has 2 N–H and O–H groups in total. The molecule has 0 aromatic heterocycles. The van der Waals surface area contributed by atoms with Crippen molar-refractivity contribution in [1.82, 2.24) is 20.4 Å². The molecule has 1 aliphatic carbocycles. The smallest absolute Gasteiger partial charge is 0.243 e. The van der Waals surface area contributed by atoms with E-state index in [1.165, 1.54) is 12.8 Å². The minimum atomic E-state index is -0.0169. The van der Waals surface area contributed by atoms with Crippen LogP contribution in [0.15, 0.2) is 4.99 Å². The number of likely N-dealkylation sites (tertiary alicyclic amines) is 1. The molecular weight excluding hydrogens is 433 g/mol. The number of guanidine groups is 1. The maximum absolute atomic E-state index is 11.8. The molecule has 0 aromatic carbocycles. The fourth-order valence-electron chi connectivity index (χ4n) is 3.21. The fourth-order valence-corrected chi connectivity index (χ4v) is 3.21. The van der Waals surface area contributed by atoms with Gasteiger partial charge in [0.1, 0.15) is 6.54 Å². The Bertz CT molecular complexity index is 478. The van der Waals surface area contributed by atoms with E-state index in [0.717, 1.165) is 25.8 Å². The van der Waals surface area contributed by atoms with Crippen LogP contribution in [0.3, 0.4) is 0 Å². The van der Waals surface area contributed by atoms with Gasteiger partial charge in [0.15, 0.2) is 5.96 Å². The van der Waals surface area contributed by atoms with Gasteiger partial charge in [0, 0.05) is 45.7 Å². The van der Waals surface area contributed by atoms with Gasteiger partial charge in [-0.1, -0.05) is 19.8 Å². The molecule has 2 fully saturated rings. The summed E-state index contributed by atoms with van der Waals surface area (Å²) in [5.74, 6) is 0.883. The summed E-state index contributed by atoms with van der Waals surface area (Å²) in [6.07, 6.45) is 6.23. The van der Waals surface area contributed by atoms with Gasteiger partial charge >= 0.3 is 0 Å². The average Bonchev–Trinajstić information content (AvgIpc) is 3.23. The summed E-state index contributed by atoms with van der Waals surface area (Å²) < 4.78 is 0. The first-order valence-electron chi connectivity index (χ1n) is 9.05. The second-order valence-corrected chi connectivity index (χ2v) is 6.90. The Morgan fingerprint density at radius 2 is 1.76 bits per heavy atom. The van der Waals surface area contributed by atoms with E-state index in [-0.39, 0.29) is 48.4 Å². The predicted octanol–water partition coefficient (Wildman–Crippen LogP) is 1.18. The first kappa shape index (κ1) is 22.0. The molecule has 7 nitrogen and oxygen atoms in total. The third kappa shape index (κ3) is 6.99. The maximum Gasteiger partial charge on any atom is 0.243 e. The molecule has 1 unspecified atom stereocenters. The largest absolute Gasteiger partial charge is 0.354 e. The number of nitrogens with zero attached hydrogens (tertiary/aromatic N) is 3. The first-order chi connectivity index (χ1) is 11.5. The second kappa shape index (κ2) is 10.8. The van der Waals surface area contributed by atoms with Crippen molar-refractivity contribution in [3.8, 4) is 0 Å². The van der Waals surface area contributed by atoms with Gasteiger partial charge in [-0.15, -0.1) is 24.0 Å². The molecule has 25 heavy (non-hydrogen) atoms. The molecule has 0 spiro atoms. The van der Waals surface area contributed by atoms with Crippen LogP contribution in [0.1, 0.15) is 45.4 Å². The Hall–Kier alpha value is -1.06. The lowest BCUT2D eigenvalue weighted by Gasteiger charge is -2.22. The minimum Gasteiger partial charge on any atom is -0.354 e. The summed E-state index contributed by atoms with van der Waals surface area (Å²) in [5.41, 5.74) is 0. The van der Waals surface area contributed by atoms with E-state index >= 15 is 0 Å². The Labute approximate surface area is 168 Å². The lowest BCUT2D eigenvalue weighted by atomic mass is 10.2. The minimum absolute atomic E-state index is 0.